The molecule has 0 atom stereocenters. The minimum absolute atomic E-state index is 0.0218. The van der Waals surface area contributed by atoms with Crippen molar-refractivity contribution >= 4 is 0 Å². The third-order valence-corrected chi connectivity index (χ3v) is 5.87. The number of hydrogen-bond acceptors (Lipinski definition) is 2. The number of nitrogens with two attached hydrogens (primary N) is 1. The summed E-state index contributed by atoms with van der Waals surface area (Å²) >= 11 is 0. The van der Waals surface area contributed by atoms with Gasteiger partial charge < -0.3 is 10.5 Å². The molecule has 0 aromatic rings. The van der Waals surface area contributed by atoms with E-state index < -0.39 is 0 Å². The third-order valence-electron chi connectivity index (χ3n) is 5.87. The number of hydrogen-bond donors (Lipinski definition) is 1. The van der Waals surface area contributed by atoms with Gasteiger partial charge in [0, 0.05) is 6.54 Å². The maximum atomic E-state index is 6.56. The molecule has 0 aromatic carbocycles. The van der Waals surface area contributed by atoms with Crippen molar-refractivity contribution in [3.05, 3.63) is 0 Å². The van der Waals surface area contributed by atoms with Crippen LogP contribution in [0.5, 0.6) is 0 Å². The van der Waals surface area contributed by atoms with E-state index in [0.717, 1.165) is 18.4 Å². The van der Waals surface area contributed by atoms with Gasteiger partial charge in [-0.1, -0.05) is 33.1 Å². The van der Waals surface area contributed by atoms with E-state index in [9.17, 15) is 0 Å². The van der Waals surface area contributed by atoms with Gasteiger partial charge >= 0.3 is 0 Å². The molecule has 0 spiro atoms. The molecule has 2 aliphatic carbocycles. The molecule has 0 aliphatic heterocycles. The standard InChI is InChI=1S/C18H35NO/c1-3-5-16-10-12-18(14-19,13-11-16)20-17-8-6-15(4-2)7-9-17/h15-17H,3-14,19H2,1-2H3. The monoisotopic (exact) mass is 281 g/mol. The van der Waals surface area contributed by atoms with E-state index in [1.54, 1.807) is 0 Å². The van der Waals surface area contributed by atoms with E-state index in [2.05, 4.69) is 13.8 Å². The van der Waals surface area contributed by atoms with E-state index >= 15 is 0 Å². The molecule has 0 unspecified atom stereocenters. The lowest BCUT2D eigenvalue weighted by molar-refractivity contribution is -0.127. The molecular weight excluding hydrogens is 246 g/mol. The summed E-state index contributed by atoms with van der Waals surface area (Å²) in [6, 6.07) is 0. The van der Waals surface area contributed by atoms with Crippen LogP contribution in [0.3, 0.4) is 0 Å². The fourth-order valence-electron chi connectivity index (χ4n) is 4.28. The van der Waals surface area contributed by atoms with Gasteiger partial charge in [-0.2, -0.15) is 0 Å². The van der Waals surface area contributed by atoms with Gasteiger partial charge in [0.25, 0.3) is 0 Å². The second-order valence-corrected chi connectivity index (χ2v) is 7.29. The smallest absolute Gasteiger partial charge is 0.0808 e. The van der Waals surface area contributed by atoms with Crippen molar-refractivity contribution < 1.29 is 4.74 Å². The molecule has 2 N–H and O–H groups in total. The van der Waals surface area contributed by atoms with Crippen molar-refractivity contribution in [1.82, 2.24) is 0 Å². The van der Waals surface area contributed by atoms with E-state index in [1.165, 1.54) is 70.6 Å². The topological polar surface area (TPSA) is 35.2 Å². The Balaban J connectivity index is 1.80. The van der Waals surface area contributed by atoms with Gasteiger partial charge in [0.2, 0.25) is 0 Å². The van der Waals surface area contributed by atoms with Crippen LogP contribution in [0.25, 0.3) is 0 Å². The van der Waals surface area contributed by atoms with Crippen LogP contribution in [-0.4, -0.2) is 18.2 Å². The zero-order valence-electron chi connectivity index (χ0n) is 13.7. The highest BCUT2D eigenvalue weighted by Crippen LogP contribution is 2.39. The summed E-state index contributed by atoms with van der Waals surface area (Å²) in [5, 5.41) is 0. The van der Waals surface area contributed by atoms with Crippen LogP contribution in [0.15, 0.2) is 0 Å². The molecular formula is C18H35NO. The number of rotatable bonds is 6. The maximum absolute atomic E-state index is 6.56. The first-order chi connectivity index (χ1) is 9.71. The maximum Gasteiger partial charge on any atom is 0.0808 e. The Labute approximate surface area is 125 Å². The molecule has 0 radical (unpaired) electrons. The van der Waals surface area contributed by atoms with Gasteiger partial charge in [-0.15, -0.1) is 0 Å². The highest BCUT2D eigenvalue weighted by molar-refractivity contribution is 4.90. The van der Waals surface area contributed by atoms with Gasteiger partial charge in [-0.05, 0) is 63.2 Å². The first-order valence-electron chi connectivity index (χ1n) is 9.09. The van der Waals surface area contributed by atoms with Gasteiger partial charge in [0.05, 0.1) is 11.7 Å². The quantitative estimate of drug-likeness (QED) is 0.768. The first kappa shape index (κ1) is 16.3. The van der Waals surface area contributed by atoms with E-state index in [1.807, 2.05) is 0 Å². The largest absolute Gasteiger partial charge is 0.370 e. The molecule has 2 rings (SSSR count). The van der Waals surface area contributed by atoms with Crippen LogP contribution >= 0.6 is 0 Å². The van der Waals surface area contributed by atoms with Crippen LogP contribution in [0.2, 0.25) is 0 Å². The van der Waals surface area contributed by atoms with Gasteiger partial charge in [-0.25, -0.2) is 0 Å². The first-order valence-corrected chi connectivity index (χ1v) is 9.09. The summed E-state index contributed by atoms with van der Waals surface area (Å²) in [5.41, 5.74) is 6.13. The molecule has 2 saturated carbocycles. The average molecular weight is 281 g/mol. The molecule has 0 bridgehead atoms. The van der Waals surface area contributed by atoms with Gasteiger partial charge in [0.1, 0.15) is 0 Å². The van der Waals surface area contributed by atoms with Crippen LogP contribution in [0, 0.1) is 11.8 Å². The minimum atomic E-state index is 0.0218. The second kappa shape index (κ2) is 7.79. The Hall–Kier alpha value is -0.0800. The van der Waals surface area contributed by atoms with Crippen molar-refractivity contribution in [1.29, 1.82) is 0 Å². The second-order valence-electron chi connectivity index (χ2n) is 7.29. The van der Waals surface area contributed by atoms with Crippen LogP contribution in [0.1, 0.15) is 84.5 Å². The molecule has 0 aromatic heterocycles. The highest BCUT2D eigenvalue weighted by atomic mass is 16.5. The van der Waals surface area contributed by atoms with Crippen LogP contribution in [0.4, 0.5) is 0 Å². The van der Waals surface area contributed by atoms with Crippen LogP contribution < -0.4 is 5.73 Å². The summed E-state index contributed by atoms with van der Waals surface area (Å²) in [7, 11) is 0. The zero-order chi connectivity index (χ0) is 14.4. The molecule has 2 aliphatic rings. The van der Waals surface area contributed by atoms with Crippen molar-refractivity contribution in [2.24, 2.45) is 17.6 Å². The molecule has 2 heteroatoms. The minimum Gasteiger partial charge on any atom is -0.370 e. The Morgan fingerprint density at radius 1 is 0.950 bits per heavy atom. The predicted molar refractivity (Wildman–Crippen MR) is 85.8 cm³/mol. The lowest BCUT2D eigenvalue weighted by Crippen LogP contribution is -2.47. The van der Waals surface area contributed by atoms with Crippen LogP contribution in [-0.2, 0) is 4.74 Å². The molecule has 20 heavy (non-hydrogen) atoms. The zero-order valence-corrected chi connectivity index (χ0v) is 13.7. The summed E-state index contributed by atoms with van der Waals surface area (Å²) in [6.45, 7) is 5.34. The SMILES string of the molecule is CCCC1CCC(CN)(OC2CCC(CC)CC2)CC1. The van der Waals surface area contributed by atoms with E-state index in [-0.39, 0.29) is 5.60 Å². The van der Waals surface area contributed by atoms with Crippen molar-refractivity contribution in [2.45, 2.75) is 96.2 Å². The molecule has 118 valence electrons. The predicted octanol–water partition coefficient (Wildman–Crippen LogP) is 4.66. The lowest BCUT2D eigenvalue weighted by atomic mass is 9.76. The van der Waals surface area contributed by atoms with Crippen molar-refractivity contribution in [3.63, 3.8) is 0 Å². The average Bonchev–Trinajstić information content (AvgIpc) is 2.50. The van der Waals surface area contributed by atoms with E-state index in [0.29, 0.717) is 6.10 Å². The van der Waals surface area contributed by atoms with E-state index in [4.69, 9.17) is 10.5 Å². The Bertz CT molecular complexity index is 263. The summed E-state index contributed by atoms with van der Waals surface area (Å²) < 4.78 is 6.56. The fraction of sp³-hybridized carbons (Fsp3) is 1.00. The number of ether oxygens (including phenoxy) is 1. The fourth-order valence-corrected chi connectivity index (χ4v) is 4.28. The Morgan fingerprint density at radius 3 is 2.10 bits per heavy atom. The molecule has 2 fully saturated rings. The molecule has 0 heterocycles. The highest BCUT2D eigenvalue weighted by Gasteiger charge is 2.37. The summed E-state index contributed by atoms with van der Waals surface area (Å²) in [4.78, 5) is 0. The normalized spacial score (nSPS) is 38.9. The molecule has 0 saturated heterocycles. The molecule has 2 nitrogen and oxygen atoms in total. The molecule has 0 amide bonds. The Morgan fingerprint density at radius 2 is 1.60 bits per heavy atom. The van der Waals surface area contributed by atoms with Crippen molar-refractivity contribution in [3.8, 4) is 0 Å². The third kappa shape index (κ3) is 4.21. The lowest BCUT2D eigenvalue weighted by Gasteiger charge is -2.43. The van der Waals surface area contributed by atoms with Gasteiger partial charge in [0.15, 0.2) is 0 Å². The summed E-state index contributed by atoms with van der Waals surface area (Å²) in [6.07, 6.45) is 14.8. The Kier molecular flexibility index (Phi) is 6.35. The van der Waals surface area contributed by atoms with Gasteiger partial charge in [-0.3, -0.25) is 0 Å². The summed E-state index contributed by atoms with van der Waals surface area (Å²) in [5.74, 6) is 1.88. The van der Waals surface area contributed by atoms with Crippen molar-refractivity contribution in [2.75, 3.05) is 6.54 Å².